The predicted molar refractivity (Wildman–Crippen MR) is 47.8 cm³/mol. The summed E-state index contributed by atoms with van der Waals surface area (Å²) in [5.74, 6) is 0.382. The lowest BCUT2D eigenvalue weighted by Gasteiger charge is -2.20. The normalized spacial score (nSPS) is 12.8. The van der Waals surface area contributed by atoms with E-state index in [1.807, 2.05) is 13.8 Å². The molecule has 12 heavy (non-hydrogen) atoms. The molecule has 1 unspecified atom stereocenters. The number of nitrogens with one attached hydrogen (secondary N) is 1. The Kier molecular flexibility index (Phi) is 5.45. The minimum Gasteiger partial charge on any atom is -0.453 e. The summed E-state index contributed by atoms with van der Waals surface area (Å²) in [7, 11) is 1.36. The van der Waals surface area contributed by atoms with Gasteiger partial charge in [0, 0.05) is 6.04 Å². The van der Waals surface area contributed by atoms with Gasteiger partial charge in [-0.3, -0.25) is 0 Å². The van der Waals surface area contributed by atoms with E-state index in [1.165, 1.54) is 7.11 Å². The zero-order chi connectivity index (χ0) is 9.56. The molecule has 0 aromatic carbocycles. The van der Waals surface area contributed by atoms with Gasteiger partial charge in [0.25, 0.3) is 0 Å². The van der Waals surface area contributed by atoms with Crippen LogP contribution in [0.3, 0.4) is 0 Å². The number of rotatable bonds is 4. The number of nitrogens with two attached hydrogens (primary N) is 1. The Morgan fingerprint density at radius 1 is 1.58 bits per heavy atom. The second kappa shape index (κ2) is 5.83. The molecule has 0 aliphatic carbocycles. The molecule has 0 rings (SSSR count). The number of alkyl carbamates (subject to hydrolysis) is 1. The molecule has 0 saturated carbocycles. The van der Waals surface area contributed by atoms with Crippen molar-refractivity contribution in [3.8, 4) is 0 Å². The first-order valence-electron chi connectivity index (χ1n) is 4.16. The number of carbonyl (C=O) groups is 1. The van der Waals surface area contributed by atoms with Crippen LogP contribution < -0.4 is 11.1 Å². The average molecular weight is 174 g/mol. The van der Waals surface area contributed by atoms with Crippen LogP contribution in [-0.4, -0.2) is 25.8 Å². The number of amides is 1. The predicted octanol–water partition coefficient (Wildman–Crippen LogP) is 0.716. The van der Waals surface area contributed by atoms with Crippen LogP contribution in [0.25, 0.3) is 0 Å². The summed E-state index contributed by atoms with van der Waals surface area (Å²) < 4.78 is 4.49. The standard InChI is InChI=1S/C8H18N2O2/c1-6(2)7(4-5-9)10-8(11)12-3/h6-7H,4-5,9H2,1-3H3,(H,10,11). The number of hydrogen-bond acceptors (Lipinski definition) is 3. The van der Waals surface area contributed by atoms with Crippen LogP contribution in [0, 0.1) is 5.92 Å². The van der Waals surface area contributed by atoms with E-state index in [0.717, 1.165) is 6.42 Å². The Bertz CT molecular complexity index is 137. The highest BCUT2D eigenvalue weighted by Crippen LogP contribution is 2.04. The van der Waals surface area contributed by atoms with E-state index in [1.54, 1.807) is 0 Å². The lowest BCUT2D eigenvalue weighted by Crippen LogP contribution is -2.39. The Morgan fingerprint density at radius 2 is 2.17 bits per heavy atom. The van der Waals surface area contributed by atoms with Gasteiger partial charge >= 0.3 is 6.09 Å². The maximum atomic E-state index is 10.8. The van der Waals surface area contributed by atoms with E-state index >= 15 is 0 Å². The monoisotopic (exact) mass is 174 g/mol. The maximum Gasteiger partial charge on any atom is 0.407 e. The molecule has 4 nitrogen and oxygen atoms in total. The van der Waals surface area contributed by atoms with Gasteiger partial charge < -0.3 is 15.8 Å². The number of carbonyl (C=O) groups excluding carboxylic acids is 1. The van der Waals surface area contributed by atoms with Crippen molar-refractivity contribution in [2.24, 2.45) is 11.7 Å². The largest absolute Gasteiger partial charge is 0.453 e. The summed E-state index contributed by atoms with van der Waals surface area (Å²) in [6, 6.07) is 0.113. The van der Waals surface area contributed by atoms with Crippen LogP contribution >= 0.6 is 0 Å². The van der Waals surface area contributed by atoms with Gasteiger partial charge in [0.05, 0.1) is 7.11 Å². The zero-order valence-electron chi connectivity index (χ0n) is 7.96. The summed E-state index contributed by atoms with van der Waals surface area (Å²) in [5.41, 5.74) is 5.39. The zero-order valence-corrected chi connectivity index (χ0v) is 7.96. The number of hydrogen-bond donors (Lipinski definition) is 2. The Labute approximate surface area is 73.5 Å². The first-order valence-corrected chi connectivity index (χ1v) is 4.16. The van der Waals surface area contributed by atoms with E-state index in [2.05, 4.69) is 10.1 Å². The van der Waals surface area contributed by atoms with Gasteiger partial charge in [-0.2, -0.15) is 0 Å². The number of methoxy groups -OCH3 is 1. The summed E-state index contributed by atoms with van der Waals surface area (Å²) >= 11 is 0. The second-order valence-corrected chi connectivity index (χ2v) is 3.06. The van der Waals surface area contributed by atoms with Gasteiger partial charge in [0.2, 0.25) is 0 Å². The lowest BCUT2D eigenvalue weighted by molar-refractivity contribution is 0.162. The minimum absolute atomic E-state index is 0.113. The molecule has 0 saturated heterocycles. The molecule has 4 heteroatoms. The van der Waals surface area contributed by atoms with Gasteiger partial charge in [-0.05, 0) is 18.9 Å². The Morgan fingerprint density at radius 3 is 2.50 bits per heavy atom. The summed E-state index contributed by atoms with van der Waals surface area (Å²) in [5, 5.41) is 2.73. The molecule has 0 radical (unpaired) electrons. The molecule has 0 aromatic rings. The molecular weight excluding hydrogens is 156 g/mol. The molecule has 0 heterocycles. The quantitative estimate of drug-likeness (QED) is 0.660. The van der Waals surface area contributed by atoms with Gasteiger partial charge in [-0.25, -0.2) is 4.79 Å². The minimum atomic E-state index is -0.387. The molecule has 1 atom stereocenters. The second-order valence-electron chi connectivity index (χ2n) is 3.06. The lowest BCUT2D eigenvalue weighted by atomic mass is 10.0. The Balaban J connectivity index is 3.86. The van der Waals surface area contributed by atoms with E-state index in [4.69, 9.17) is 5.73 Å². The summed E-state index contributed by atoms with van der Waals surface area (Å²) in [4.78, 5) is 10.8. The highest BCUT2D eigenvalue weighted by atomic mass is 16.5. The van der Waals surface area contributed by atoms with Crippen molar-refractivity contribution in [2.75, 3.05) is 13.7 Å². The van der Waals surface area contributed by atoms with Gasteiger partial charge in [0.15, 0.2) is 0 Å². The molecule has 0 aliphatic heterocycles. The van der Waals surface area contributed by atoms with Crippen molar-refractivity contribution in [3.63, 3.8) is 0 Å². The third kappa shape index (κ3) is 4.18. The molecule has 0 aromatic heterocycles. The molecule has 72 valence electrons. The van der Waals surface area contributed by atoms with Crippen LogP contribution in [0.15, 0.2) is 0 Å². The average Bonchev–Trinajstić information content (AvgIpc) is 2.03. The molecule has 1 amide bonds. The fraction of sp³-hybridized carbons (Fsp3) is 0.875. The van der Waals surface area contributed by atoms with Crippen LogP contribution in [0.4, 0.5) is 4.79 Å². The van der Waals surface area contributed by atoms with Gasteiger partial charge in [0.1, 0.15) is 0 Å². The highest BCUT2D eigenvalue weighted by Gasteiger charge is 2.14. The van der Waals surface area contributed by atoms with E-state index < -0.39 is 0 Å². The van der Waals surface area contributed by atoms with E-state index in [0.29, 0.717) is 12.5 Å². The van der Waals surface area contributed by atoms with Crippen molar-refractivity contribution in [1.29, 1.82) is 0 Å². The van der Waals surface area contributed by atoms with Crippen LogP contribution in [0.5, 0.6) is 0 Å². The first-order chi connectivity index (χ1) is 5.61. The third-order valence-corrected chi connectivity index (χ3v) is 1.77. The van der Waals surface area contributed by atoms with Crippen LogP contribution in [0.2, 0.25) is 0 Å². The van der Waals surface area contributed by atoms with E-state index in [9.17, 15) is 4.79 Å². The van der Waals surface area contributed by atoms with Crippen molar-refractivity contribution >= 4 is 6.09 Å². The first kappa shape index (κ1) is 11.2. The SMILES string of the molecule is COC(=O)NC(CCN)C(C)C. The Hall–Kier alpha value is -0.770. The fourth-order valence-corrected chi connectivity index (χ4v) is 0.962. The molecule has 0 spiro atoms. The number of ether oxygens (including phenoxy) is 1. The van der Waals surface area contributed by atoms with Crippen molar-refractivity contribution in [1.82, 2.24) is 5.32 Å². The van der Waals surface area contributed by atoms with Crippen LogP contribution in [0.1, 0.15) is 20.3 Å². The smallest absolute Gasteiger partial charge is 0.407 e. The van der Waals surface area contributed by atoms with Gasteiger partial charge in [-0.15, -0.1) is 0 Å². The molecular formula is C8H18N2O2. The fourth-order valence-electron chi connectivity index (χ4n) is 0.962. The third-order valence-electron chi connectivity index (χ3n) is 1.77. The topological polar surface area (TPSA) is 64.3 Å². The maximum absolute atomic E-state index is 10.8. The van der Waals surface area contributed by atoms with Crippen molar-refractivity contribution in [2.45, 2.75) is 26.3 Å². The van der Waals surface area contributed by atoms with Crippen molar-refractivity contribution < 1.29 is 9.53 Å². The van der Waals surface area contributed by atoms with E-state index in [-0.39, 0.29) is 12.1 Å². The molecule has 0 aliphatic rings. The summed E-state index contributed by atoms with van der Waals surface area (Å²) in [6.45, 7) is 4.65. The summed E-state index contributed by atoms with van der Waals surface area (Å²) in [6.07, 6.45) is 0.398. The van der Waals surface area contributed by atoms with Crippen molar-refractivity contribution in [3.05, 3.63) is 0 Å². The van der Waals surface area contributed by atoms with Crippen LogP contribution in [-0.2, 0) is 4.74 Å². The van der Waals surface area contributed by atoms with Gasteiger partial charge in [-0.1, -0.05) is 13.8 Å². The molecule has 3 N–H and O–H groups in total. The molecule has 0 fully saturated rings. The molecule has 0 bridgehead atoms. The highest BCUT2D eigenvalue weighted by molar-refractivity contribution is 5.67.